The smallest absolute Gasteiger partial charge is 0.361 e. The van der Waals surface area contributed by atoms with E-state index >= 15 is 0 Å². The van der Waals surface area contributed by atoms with E-state index in [4.69, 9.17) is 23.4 Å². The topological polar surface area (TPSA) is 118 Å². The standard InChI is InChI=1S/C18H29N2O8P/c1-4-26-29(23,27-5-2)11-9-15(28-16-8-6-7-10-24-16)13-25-20-12-14(3)17(21)19-18(20)22/h9,11-12,15-16H,4-8,10,13H2,1-3H3,(H,19,21,22)/t15-,16+/m1/s1. The Kier molecular flexibility index (Phi) is 9.32. The summed E-state index contributed by atoms with van der Waals surface area (Å²) in [6, 6.07) is 0. The van der Waals surface area contributed by atoms with Gasteiger partial charge in [0.05, 0.1) is 19.4 Å². The SMILES string of the molecule is CCOP(=O)(C=C[C@H](COn1cc(C)c(=O)[nH]c1=O)O[C@H]1CCCCO1)OCC. The van der Waals surface area contributed by atoms with Crippen molar-refractivity contribution in [1.29, 1.82) is 0 Å². The van der Waals surface area contributed by atoms with E-state index in [9.17, 15) is 14.2 Å². The van der Waals surface area contributed by atoms with Crippen molar-refractivity contribution in [3.63, 3.8) is 0 Å². The Morgan fingerprint density at radius 1 is 1.31 bits per heavy atom. The molecule has 29 heavy (non-hydrogen) atoms. The largest absolute Gasteiger partial charge is 0.406 e. The van der Waals surface area contributed by atoms with Gasteiger partial charge in [-0.25, -0.2) is 4.79 Å². The summed E-state index contributed by atoms with van der Waals surface area (Å²) >= 11 is 0. The summed E-state index contributed by atoms with van der Waals surface area (Å²) in [5.41, 5.74) is -0.857. The van der Waals surface area contributed by atoms with Crippen LogP contribution in [0.25, 0.3) is 0 Å². The van der Waals surface area contributed by atoms with E-state index in [1.807, 2.05) is 0 Å². The van der Waals surface area contributed by atoms with E-state index in [0.29, 0.717) is 12.2 Å². The third kappa shape index (κ3) is 7.56. The van der Waals surface area contributed by atoms with E-state index in [1.54, 1.807) is 20.8 Å². The van der Waals surface area contributed by atoms with Gasteiger partial charge in [0.25, 0.3) is 5.56 Å². The predicted octanol–water partition coefficient (Wildman–Crippen LogP) is 1.97. The number of aromatic nitrogens is 2. The van der Waals surface area contributed by atoms with Crippen molar-refractivity contribution in [1.82, 2.24) is 9.71 Å². The Morgan fingerprint density at radius 2 is 2.03 bits per heavy atom. The van der Waals surface area contributed by atoms with Crippen molar-refractivity contribution >= 4 is 7.60 Å². The molecule has 10 nitrogen and oxygen atoms in total. The monoisotopic (exact) mass is 432 g/mol. The van der Waals surface area contributed by atoms with Crippen LogP contribution >= 0.6 is 7.60 Å². The Hall–Kier alpha value is -1.71. The van der Waals surface area contributed by atoms with E-state index in [-0.39, 0.29) is 19.8 Å². The molecule has 0 spiro atoms. The number of hydrogen-bond donors (Lipinski definition) is 1. The first kappa shape index (κ1) is 23.6. The number of nitrogens with zero attached hydrogens (tertiary/aromatic N) is 1. The van der Waals surface area contributed by atoms with Crippen LogP contribution in [-0.2, 0) is 23.1 Å². The summed E-state index contributed by atoms with van der Waals surface area (Å²) < 4.78 is 35.6. The lowest BCUT2D eigenvalue weighted by molar-refractivity contribution is -0.187. The molecule has 0 radical (unpaired) electrons. The molecule has 1 N–H and O–H groups in total. The Labute approximate surface area is 169 Å². The van der Waals surface area contributed by atoms with E-state index in [0.717, 1.165) is 24.0 Å². The second-order valence-electron chi connectivity index (χ2n) is 6.38. The minimum atomic E-state index is -3.42. The molecule has 0 unspecified atom stereocenters. The third-order valence-corrected chi connectivity index (χ3v) is 5.81. The molecule has 1 aliphatic heterocycles. The lowest BCUT2D eigenvalue weighted by Crippen LogP contribution is -2.38. The van der Waals surface area contributed by atoms with Gasteiger partial charge in [-0.3, -0.25) is 14.3 Å². The summed E-state index contributed by atoms with van der Waals surface area (Å²) in [4.78, 5) is 31.0. The summed E-state index contributed by atoms with van der Waals surface area (Å²) in [5.74, 6) is 1.33. The normalized spacial score (nSPS) is 18.8. The first-order valence-corrected chi connectivity index (χ1v) is 11.3. The molecule has 0 aromatic carbocycles. The van der Waals surface area contributed by atoms with Crippen molar-refractivity contribution in [3.8, 4) is 0 Å². The molecule has 2 atom stereocenters. The Balaban J connectivity index is 2.14. The van der Waals surface area contributed by atoms with Crippen LogP contribution in [-0.4, -0.2) is 48.5 Å². The molecular weight excluding hydrogens is 403 g/mol. The van der Waals surface area contributed by atoms with Crippen molar-refractivity contribution in [2.75, 3.05) is 26.4 Å². The molecule has 1 fully saturated rings. The molecule has 11 heteroatoms. The van der Waals surface area contributed by atoms with Crippen LogP contribution in [0.15, 0.2) is 27.7 Å². The maximum Gasteiger partial charge on any atom is 0.361 e. The highest BCUT2D eigenvalue weighted by molar-refractivity contribution is 7.57. The Bertz CT molecular complexity index is 818. The van der Waals surface area contributed by atoms with Crippen molar-refractivity contribution in [2.45, 2.75) is 52.4 Å². The van der Waals surface area contributed by atoms with Gasteiger partial charge in [0, 0.05) is 18.0 Å². The summed E-state index contributed by atoms with van der Waals surface area (Å²) in [5, 5.41) is 0. The van der Waals surface area contributed by atoms with Gasteiger partial charge in [-0.05, 0) is 46.1 Å². The average Bonchev–Trinajstić information content (AvgIpc) is 2.69. The minimum Gasteiger partial charge on any atom is -0.406 e. The van der Waals surface area contributed by atoms with Crippen LogP contribution in [0, 0.1) is 6.92 Å². The zero-order valence-electron chi connectivity index (χ0n) is 17.0. The highest BCUT2D eigenvalue weighted by Crippen LogP contribution is 2.49. The summed E-state index contributed by atoms with van der Waals surface area (Å²) in [6.07, 6.45) is 4.35. The summed E-state index contributed by atoms with van der Waals surface area (Å²) in [6.45, 7) is 5.96. The molecule has 0 bridgehead atoms. The second-order valence-corrected chi connectivity index (χ2v) is 8.27. The quantitative estimate of drug-likeness (QED) is 0.528. The molecule has 2 rings (SSSR count). The zero-order valence-corrected chi connectivity index (χ0v) is 17.9. The van der Waals surface area contributed by atoms with Gasteiger partial charge in [0.1, 0.15) is 12.7 Å². The van der Waals surface area contributed by atoms with E-state index < -0.39 is 31.2 Å². The lowest BCUT2D eigenvalue weighted by Gasteiger charge is -2.26. The first-order valence-electron chi connectivity index (χ1n) is 9.68. The minimum absolute atomic E-state index is 0.0833. The molecule has 1 aromatic rings. The molecule has 0 saturated carbocycles. The maximum atomic E-state index is 12.7. The number of rotatable bonds is 11. The van der Waals surface area contributed by atoms with Crippen molar-refractivity contribution in [2.24, 2.45) is 0 Å². The van der Waals surface area contributed by atoms with Gasteiger partial charge in [0.2, 0.25) is 0 Å². The number of nitrogens with one attached hydrogen (secondary N) is 1. The van der Waals surface area contributed by atoms with Crippen LogP contribution in [0.3, 0.4) is 0 Å². The highest BCUT2D eigenvalue weighted by Gasteiger charge is 2.23. The molecule has 164 valence electrons. The number of aryl methyl sites for hydroxylation is 1. The molecule has 1 aliphatic rings. The fraction of sp³-hybridized carbons (Fsp3) is 0.667. The van der Waals surface area contributed by atoms with Crippen LogP contribution in [0.5, 0.6) is 0 Å². The highest BCUT2D eigenvalue weighted by atomic mass is 31.2. The maximum absolute atomic E-state index is 12.7. The number of aromatic amines is 1. The van der Waals surface area contributed by atoms with Gasteiger partial charge >= 0.3 is 13.3 Å². The average molecular weight is 432 g/mol. The molecule has 0 amide bonds. The molecule has 1 saturated heterocycles. The fourth-order valence-corrected chi connectivity index (χ4v) is 4.00. The van der Waals surface area contributed by atoms with Gasteiger partial charge < -0.3 is 23.4 Å². The molecule has 2 heterocycles. The van der Waals surface area contributed by atoms with Gasteiger partial charge in [0.15, 0.2) is 6.29 Å². The fourth-order valence-electron chi connectivity index (χ4n) is 2.63. The molecule has 1 aromatic heterocycles. The lowest BCUT2D eigenvalue weighted by atomic mass is 10.2. The van der Waals surface area contributed by atoms with Gasteiger partial charge in [-0.2, -0.15) is 0 Å². The van der Waals surface area contributed by atoms with E-state index in [1.165, 1.54) is 18.1 Å². The Morgan fingerprint density at radius 3 is 2.66 bits per heavy atom. The first-order chi connectivity index (χ1) is 13.9. The predicted molar refractivity (Wildman–Crippen MR) is 106 cm³/mol. The number of ether oxygens (including phenoxy) is 2. The second kappa shape index (κ2) is 11.5. The third-order valence-electron chi connectivity index (χ3n) is 4.03. The number of H-pyrrole nitrogens is 1. The van der Waals surface area contributed by atoms with E-state index in [2.05, 4.69) is 4.98 Å². The van der Waals surface area contributed by atoms with Gasteiger partial charge in [-0.1, -0.05) is 0 Å². The zero-order chi connectivity index (χ0) is 21.3. The summed E-state index contributed by atoms with van der Waals surface area (Å²) in [7, 11) is -3.42. The van der Waals surface area contributed by atoms with Crippen LogP contribution < -0.4 is 16.1 Å². The molecular formula is C18H29N2O8P. The van der Waals surface area contributed by atoms with Crippen molar-refractivity contribution < 1.29 is 27.9 Å². The van der Waals surface area contributed by atoms with Crippen LogP contribution in [0.4, 0.5) is 0 Å². The van der Waals surface area contributed by atoms with Crippen molar-refractivity contribution in [3.05, 3.63) is 44.5 Å². The van der Waals surface area contributed by atoms with Crippen LogP contribution in [0.2, 0.25) is 0 Å². The molecule has 0 aliphatic carbocycles. The van der Waals surface area contributed by atoms with Crippen LogP contribution in [0.1, 0.15) is 38.7 Å². The number of hydrogen-bond acceptors (Lipinski definition) is 8. The van der Waals surface area contributed by atoms with Gasteiger partial charge in [-0.15, -0.1) is 4.73 Å².